The largest absolute Gasteiger partial charge is 0.573 e. The van der Waals surface area contributed by atoms with Crippen molar-refractivity contribution >= 4 is 0 Å². The van der Waals surface area contributed by atoms with Gasteiger partial charge in [0.25, 0.3) is 0 Å². The van der Waals surface area contributed by atoms with Crippen molar-refractivity contribution in [2.75, 3.05) is 13.2 Å². The molecule has 0 aliphatic heterocycles. The number of ether oxygens (including phenoxy) is 3. The van der Waals surface area contributed by atoms with Gasteiger partial charge in [-0.15, -0.1) is 13.2 Å². The van der Waals surface area contributed by atoms with Crippen molar-refractivity contribution in [1.82, 2.24) is 0 Å². The zero-order valence-corrected chi connectivity index (χ0v) is 15.3. The van der Waals surface area contributed by atoms with E-state index in [0.717, 1.165) is 36.1 Å². The number of aryl methyl sites for hydroxylation is 2. The number of phenolic OH excluding ortho intramolecular Hbond substituents is 1. The number of aromatic hydroxyl groups is 1. The third-order valence-electron chi connectivity index (χ3n) is 3.83. The maximum absolute atomic E-state index is 12.1. The second kappa shape index (κ2) is 9.39. The summed E-state index contributed by atoms with van der Waals surface area (Å²) in [6, 6.07) is 8.68. The van der Waals surface area contributed by atoms with E-state index in [1.807, 2.05) is 13.8 Å². The van der Waals surface area contributed by atoms with Crippen LogP contribution in [0.4, 0.5) is 13.2 Å². The topological polar surface area (TPSA) is 47.9 Å². The van der Waals surface area contributed by atoms with Crippen molar-refractivity contribution in [3.05, 3.63) is 47.5 Å². The van der Waals surface area contributed by atoms with Gasteiger partial charge in [0.05, 0.1) is 13.2 Å². The quantitative estimate of drug-likeness (QED) is 0.588. The molecule has 0 aromatic heterocycles. The Bertz CT molecular complexity index is 727. The third-order valence-corrected chi connectivity index (χ3v) is 3.83. The molecule has 2 aromatic carbocycles. The maximum atomic E-state index is 12.1. The average Bonchev–Trinajstić information content (AvgIpc) is 2.59. The summed E-state index contributed by atoms with van der Waals surface area (Å²) in [5.41, 5.74) is 1.86. The molecular weight excluding hydrogens is 361 g/mol. The molecule has 1 N–H and O–H groups in total. The van der Waals surface area contributed by atoms with Crippen molar-refractivity contribution in [3.8, 4) is 23.0 Å². The first-order chi connectivity index (χ1) is 12.8. The summed E-state index contributed by atoms with van der Waals surface area (Å²) < 4.78 is 51.4. The fourth-order valence-electron chi connectivity index (χ4n) is 2.60. The van der Waals surface area contributed by atoms with Crippen molar-refractivity contribution in [2.45, 2.75) is 39.5 Å². The van der Waals surface area contributed by atoms with Crippen molar-refractivity contribution in [3.63, 3.8) is 0 Å². The molecule has 0 bridgehead atoms. The maximum Gasteiger partial charge on any atom is 0.573 e. The molecule has 0 saturated carbocycles. The lowest BCUT2D eigenvalue weighted by atomic mass is 10.1. The Morgan fingerprint density at radius 3 is 2.11 bits per heavy atom. The molecule has 0 amide bonds. The minimum absolute atomic E-state index is 0.233. The zero-order chi connectivity index (χ0) is 19.9. The highest BCUT2D eigenvalue weighted by atomic mass is 19.4. The molecule has 0 saturated heterocycles. The number of benzene rings is 2. The Hall–Kier alpha value is -2.57. The lowest BCUT2D eigenvalue weighted by molar-refractivity contribution is -0.274. The van der Waals surface area contributed by atoms with Crippen LogP contribution >= 0.6 is 0 Å². The van der Waals surface area contributed by atoms with E-state index in [-0.39, 0.29) is 11.5 Å². The van der Waals surface area contributed by atoms with Gasteiger partial charge in [-0.1, -0.05) is 6.92 Å². The summed E-state index contributed by atoms with van der Waals surface area (Å²) in [6.45, 7) is 4.84. The lowest BCUT2D eigenvalue weighted by Gasteiger charge is -2.14. The van der Waals surface area contributed by atoms with Crippen LogP contribution in [0.15, 0.2) is 36.4 Å². The van der Waals surface area contributed by atoms with Crippen LogP contribution in [0.25, 0.3) is 0 Å². The van der Waals surface area contributed by atoms with Gasteiger partial charge in [0, 0.05) is 0 Å². The van der Waals surface area contributed by atoms with E-state index in [2.05, 4.69) is 4.74 Å². The molecule has 0 unspecified atom stereocenters. The van der Waals surface area contributed by atoms with E-state index in [9.17, 15) is 18.3 Å². The van der Waals surface area contributed by atoms with Crippen LogP contribution in [0.2, 0.25) is 0 Å². The molecule has 2 rings (SSSR count). The molecular formula is C20H23F3O4. The second-order valence-electron chi connectivity index (χ2n) is 6.03. The highest BCUT2D eigenvalue weighted by Crippen LogP contribution is 2.29. The fraction of sp³-hybridized carbons (Fsp3) is 0.400. The van der Waals surface area contributed by atoms with Gasteiger partial charge in [-0.3, -0.25) is 0 Å². The Labute approximate surface area is 156 Å². The number of alkyl halides is 3. The molecule has 0 fully saturated rings. The minimum atomic E-state index is -4.70. The van der Waals surface area contributed by atoms with Crippen LogP contribution in [0.1, 0.15) is 30.9 Å². The van der Waals surface area contributed by atoms with Crippen molar-refractivity contribution in [1.29, 1.82) is 0 Å². The molecule has 0 spiro atoms. The zero-order valence-electron chi connectivity index (χ0n) is 15.3. The summed E-state index contributed by atoms with van der Waals surface area (Å²) in [7, 11) is 0. The van der Waals surface area contributed by atoms with E-state index in [4.69, 9.17) is 9.47 Å². The smallest absolute Gasteiger partial charge is 0.508 e. The number of hydrogen-bond donors (Lipinski definition) is 1. The van der Waals surface area contributed by atoms with Gasteiger partial charge < -0.3 is 19.3 Å². The van der Waals surface area contributed by atoms with E-state index in [0.29, 0.717) is 19.0 Å². The van der Waals surface area contributed by atoms with Gasteiger partial charge >= 0.3 is 6.36 Å². The van der Waals surface area contributed by atoms with Gasteiger partial charge in [-0.25, -0.2) is 0 Å². The SMILES string of the molecule is CCc1cc(O)cc(C)c1OCCCCOc1ccc(OC(F)(F)F)cc1. The summed E-state index contributed by atoms with van der Waals surface area (Å²) in [6.07, 6.45) is -2.43. The van der Waals surface area contributed by atoms with Crippen LogP contribution in [0, 0.1) is 6.92 Å². The normalized spacial score (nSPS) is 11.3. The minimum Gasteiger partial charge on any atom is -0.508 e. The van der Waals surface area contributed by atoms with E-state index in [1.165, 1.54) is 24.3 Å². The molecule has 4 nitrogen and oxygen atoms in total. The standard InChI is InChI=1S/C20H23F3O4/c1-3-15-13-16(24)12-14(2)19(15)26-11-5-4-10-25-17-6-8-18(9-7-17)27-20(21,22)23/h6-9,12-13,24H,3-5,10-11H2,1-2H3. The van der Waals surface area contributed by atoms with Crippen LogP contribution in [0.3, 0.4) is 0 Å². The Balaban J connectivity index is 1.71. The third kappa shape index (κ3) is 6.92. The second-order valence-corrected chi connectivity index (χ2v) is 6.03. The Morgan fingerprint density at radius 2 is 1.52 bits per heavy atom. The summed E-state index contributed by atoms with van der Waals surface area (Å²) >= 11 is 0. The van der Waals surface area contributed by atoms with Crippen LogP contribution < -0.4 is 14.2 Å². The molecule has 7 heteroatoms. The van der Waals surface area contributed by atoms with Crippen molar-refractivity contribution < 1.29 is 32.5 Å². The highest BCUT2D eigenvalue weighted by molar-refractivity contribution is 5.46. The molecule has 0 radical (unpaired) electrons. The summed E-state index contributed by atoms with van der Waals surface area (Å²) in [5, 5.41) is 9.64. The van der Waals surface area contributed by atoms with Crippen LogP contribution in [-0.4, -0.2) is 24.7 Å². The molecule has 0 aliphatic carbocycles. The number of rotatable bonds is 9. The average molecular weight is 384 g/mol. The van der Waals surface area contributed by atoms with E-state index >= 15 is 0 Å². The molecule has 27 heavy (non-hydrogen) atoms. The predicted molar refractivity (Wildman–Crippen MR) is 95.6 cm³/mol. The van der Waals surface area contributed by atoms with Gasteiger partial charge in [0.2, 0.25) is 0 Å². The van der Waals surface area contributed by atoms with Gasteiger partial charge in [0.1, 0.15) is 23.0 Å². The Morgan fingerprint density at radius 1 is 0.926 bits per heavy atom. The monoisotopic (exact) mass is 384 g/mol. The van der Waals surface area contributed by atoms with Gasteiger partial charge in [-0.2, -0.15) is 0 Å². The van der Waals surface area contributed by atoms with Crippen molar-refractivity contribution in [2.24, 2.45) is 0 Å². The molecule has 0 heterocycles. The first kappa shape index (κ1) is 20.7. The summed E-state index contributed by atoms with van der Waals surface area (Å²) in [5.74, 6) is 1.24. The first-order valence-electron chi connectivity index (χ1n) is 8.72. The highest BCUT2D eigenvalue weighted by Gasteiger charge is 2.30. The first-order valence-corrected chi connectivity index (χ1v) is 8.72. The lowest BCUT2D eigenvalue weighted by Crippen LogP contribution is -2.16. The predicted octanol–water partition coefficient (Wildman–Crippen LogP) is 5.40. The van der Waals surface area contributed by atoms with Crippen LogP contribution in [-0.2, 0) is 6.42 Å². The number of halogens is 3. The number of phenols is 1. The van der Waals surface area contributed by atoms with Crippen LogP contribution in [0.5, 0.6) is 23.0 Å². The number of unbranched alkanes of at least 4 members (excludes halogenated alkanes) is 1. The fourth-order valence-corrected chi connectivity index (χ4v) is 2.60. The van der Waals surface area contributed by atoms with Gasteiger partial charge in [-0.05, 0) is 73.7 Å². The summed E-state index contributed by atoms with van der Waals surface area (Å²) in [4.78, 5) is 0. The molecule has 0 atom stereocenters. The van der Waals surface area contributed by atoms with E-state index in [1.54, 1.807) is 12.1 Å². The molecule has 2 aromatic rings. The Kier molecular flexibility index (Phi) is 7.21. The molecule has 0 aliphatic rings. The molecule has 148 valence electrons. The van der Waals surface area contributed by atoms with Gasteiger partial charge in [0.15, 0.2) is 0 Å². The van der Waals surface area contributed by atoms with E-state index < -0.39 is 6.36 Å². The number of hydrogen-bond acceptors (Lipinski definition) is 4.